The Morgan fingerprint density at radius 1 is 1.05 bits per heavy atom. The van der Waals surface area contributed by atoms with Crippen LogP contribution < -0.4 is 5.32 Å². The quantitative estimate of drug-likeness (QED) is 0.626. The molecule has 1 N–H and O–H groups in total. The Bertz CT molecular complexity index is 417. The Labute approximate surface area is 133 Å². The number of nitrogens with one attached hydrogen (secondary N) is 1. The number of rotatable bonds is 5. The van der Waals surface area contributed by atoms with Gasteiger partial charge in [-0.25, -0.2) is 4.79 Å². The maximum atomic E-state index is 12.7. The summed E-state index contributed by atoms with van der Waals surface area (Å²) in [6.07, 6.45) is 4.37. The molecule has 0 saturated heterocycles. The first kappa shape index (κ1) is 18.7. The predicted molar refractivity (Wildman–Crippen MR) is 84.2 cm³/mol. The molecule has 5 heteroatoms. The molecule has 1 aliphatic carbocycles. The third-order valence-electron chi connectivity index (χ3n) is 3.84. The Balaban J connectivity index is 2.87. The molecule has 1 unspecified atom stereocenters. The Morgan fingerprint density at radius 2 is 1.59 bits per heavy atom. The second kappa shape index (κ2) is 7.75. The number of esters is 1. The minimum Gasteiger partial charge on any atom is -0.461 e. The molecule has 5 nitrogen and oxygen atoms in total. The molecule has 1 rings (SSSR count). The van der Waals surface area contributed by atoms with Gasteiger partial charge < -0.3 is 10.1 Å². The van der Waals surface area contributed by atoms with Crippen LogP contribution in [0, 0.1) is 11.3 Å². The molecule has 0 spiro atoms. The number of ether oxygens (including phenoxy) is 1. The van der Waals surface area contributed by atoms with Gasteiger partial charge in [0.15, 0.2) is 11.8 Å². The Hall–Kier alpha value is -1.39. The number of Topliss-reactive ketones (excluding diaryl/α,β-unsaturated/α-hetero) is 1. The van der Waals surface area contributed by atoms with Crippen LogP contribution in [0.25, 0.3) is 0 Å². The lowest BCUT2D eigenvalue weighted by Crippen LogP contribution is -2.53. The van der Waals surface area contributed by atoms with Gasteiger partial charge in [0, 0.05) is 11.3 Å². The van der Waals surface area contributed by atoms with Crippen LogP contribution in [0.3, 0.4) is 0 Å². The van der Waals surface area contributed by atoms with E-state index in [1.165, 1.54) is 0 Å². The summed E-state index contributed by atoms with van der Waals surface area (Å²) in [4.78, 5) is 37.1. The third-order valence-corrected chi connectivity index (χ3v) is 3.84. The molecule has 0 heterocycles. The Kier molecular flexibility index (Phi) is 6.57. The second-order valence-electron chi connectivity index (χ2n) is 7.38. The van der Waals surface area contributed by atoms with Gasteiger partial charge in [0.25, 0.3) is 0 Å². The predicted octanol–water partition coefficient (Wildman–Crippen LogP) is 2.62. The molecule has 0 aromatic heterocycles. The summed E-state index contributed by atoms with van der Waals surface area (Å²) in [5.41, 5.74) is -0.663. The molecule has 1 amide bonds. The van der Waals surface area contributed by atoms with Gasteiger partial charge in [0.2, 0.25) is 5.91 Å². The van der Waals surface area contributed by atoms with Gasteiger partial charge in [0.05, 0.1) is 6.10 Å². The van der Waals surface area contributed by atoms with Crippen molar-refractivity contribution in [2.24, 2.45) is 11.3 Å². The van der Waals surface area contributed by atoms with Crippen molar-refractivity contribution < 1.29 is 19.1 Å². The van der Waals surface area contributed by atoms with E-state index in [1.807, 2.05) is 0 Å². The lowest BCUT2D eigenvalue weighted by molar-refractivity contribution is -0.156. The average molecular weight is 311 g/mol. The molecule has 1 saturated carbocycles. The van der Waals surface area contributed by atoms with E-state index < -0.39 is 17.4 Å². The van der Waals surface area contributed by atoms with Gasteiger partial charge in [-0.05, 0) is 26.7 Å². The number of carbonyl (C=O) groups is 3. The molecular formula is C17H29NO4. The van der Waals surface area contributed by atoms with Crippen molar-refractivity contribution in [3.63, 3.8) is 0 Å². The van der Waals surface area contributed by atoms with E-state index in [9.17, 15) is 14.4 Å². The molecule has 126 valence electrons. The zero-order valence-corrected chi connectivity index (χ0v) is 14.4. The second-order valence-corrected chi connectivity index (χ2v) is 7.38. The summed E-state index contributed by atoms with van der Waals surface area (Å²) in [5, 5.41) is 2.60. The summed E-state index contributed by atoms with van der Waals surface area (Å²) >= 11 is 0. The molecule has 0 aromatic carbocycles. The standard InChI is InChI=1S/C17H29NO4/c1-11(2)22-15(20)13(18-16(21)17(3,4)5)14(19)12-9-7-6-8-10-12/h11-13H,6-10H2,1-5H3,(H,18,21). The summed E-state index contributed by atoms with van der Waals surface area (Å²) < 4.78 is 5.16. The minimum absolute atomic E-state index is 0.154. The average Bonchev–Trinajstić information content (AvgIpc) is 2.42. The summed E-state index contributed by atoms with van der Waals surface area (Å²) in [5.74, 6) is -1.33. The van der Waals surface area contributed by atoms with Crippen LogP contribution in [0.4, 0.5) is 0 Å². The first-order valence-electron chi connectivity index (χ1n) is 8.18. The zero-order valence-electron chi connectivity index (χ0n) is 14.4. The first-order chi connectivity index (χ1) is 10.1. The van der Waals surface area contributed by atoms with E-state index >= 15 is 0 Å². The van der Waals surface area contributed by atoms with Crippen molar-refractivity contribution in [3.8, 4) is 0 Å². The fourth-order valence-electron chi connectivity index (χ4n) is 2.52. The van der Waals surface area contributed by atoms with Gasteiger partial charge in [-0.1, -0.05) is 40.0 Å². The molecule has 1 atom stereocenters. The summed E-state index contributed by atoms with van der Waals surface area (Å²) in [7, 11) is 0. The van der Waals surface area contributed by atoms with Crippen molar-refractivity contribution >= 4 is 17.7 Å². The fourth-order valence-corrected chi connectivity index (χ4v) is 2.52. The van der Waals surface area contributed by atoms with E-state index in [0.29, 0.717) is 0 Å². The zero-order chi connectivity index (χ0) is 16.9. The lowest BCUT2D eigenvalue weighted by atomic mass is 9.83. The number of hydrogen-bond donors (Lipinski definition) is 1. The highest BCUT2D eigenvalue weighted by atomic mass is 16.5. The van der Waals surface area contributed by atoms with Crippen LogP contribution in [-0.4, -0.2) is 29.8 Å². The highest BCUT2D eigenvalue weighted by molar-refractivity contribution is 6.07. The maximum absolute atomic E-state index is 12.7. The fraction of sp³-hybridized carbons (Fsp3) is 0.824. The highest BCUT2D eigenvalue weighted by Crippen LogP contribution is 2.26. The van der Waals surface area contributed by atoms with Crippen molar-refractivity contribution in [2.45, 2.75) is 78.9 Å². The Morgan fingerprint density at radius 3 is 2.05 bits per heavy atom. The smallest absolute Gasteiger partial charge is 0.336 e. The molecule has 1 aliphatic rings. The largest absolute Gasteiger partial charge is 0.461 e. The van der Waals surface area contributed by atoms with E-state index in [0.717, 1.165) is 32.1 Å². The van der Waals surface area contributed by atoms with Crippen molar-refractivity contribution in [1.29, 1.82) is 0 Å². The number of carbonyl (C=O) groups excluding carboxylic acids is 3. The van der Waals surface area contributed by atoms with Gasteiger partial charge in [-0.3, -0.25) is 9.59 Å². The van der Waals surface area contributed by atoms with E-state index in [1.54, 1.807) is 34.6 Å². The SMILES string of the molecule is CC(C)OC(=O)C(NC(=O)C(C)(C)C)C(=O)C1CCCCC1. The molecule has 0 aliphatic heterocycles. The molecule has 1 fully saturated rings. The van der Waals surface area contributed by atoms with E-state index in [2.05, 4.69) is 5.32 Å². The molecule has 0 aromatic rings. The van der Waals surface area contributed by atoms with Crippen LogP contribution in [-0.2, 0) is 19.1 Å². The van der Waals surface area contributed by atoms with Crippen LogP contribution in [0.1, 0.15) is 66.7 Å². The topological polar surface area (TPSA) is 72.5 Å². The lowest BCUT2D eigenvalue weighted by Gasteiger charge is -2.27. The highest BCUT2D eigenvalue weighted by Gasteiger charge is 2.37. The van der Waals surface area contributed by atoms with Crippen LogP contribution in [0.2, 0.25) is 0 Å². The molecule has 0 radical (unpaired) electrons. The number of hydrogen-bond acceptors (Lipinski definition) is 4. The minimum atomic E-state index is -1.18. The molecule has 22 heavy (non-hydrogen) atoms. The van der Waals surface area contributed by atoms with E-state index in [4.69, 9.17) is 4.74 Å². The van der Waals surface area contributed by atoms with E-state index in [-0.39, 0.29) is 23.7 Å². The third kappa shape index (κ3) is 5.43. The first-order valence-corrected chi connectivity index (χ1v) is 8.18. The van der Waals surface area contributed by atoms with Gasteiger partial charge in [-0.15, -0.1) is 0 Å². The van der Waals surface area contributed by atoms with Crippen molar-refractivity contribution in [1.82, 2.24) is 5.32 Å². The number of amides is 1. The van der Waals surface area contributed by atoms with Gasteiger partial charge in [-0.2, -0.15) is 0 Å². The molecular weight excluding hydrogens is 282 g/mol. The van der Waals surface area contributed by atoms with Crippen molar-refractivity contribution in [2.75, 3.05) is 0 Å². The monoisotopic (exact) mass is 311 g/mol. The van der Waals surface area contributed by atoms with Gasteiger partial charge >= 0.3 is 5.97 Å². The maximum Gasteiger partial charge on any atom is 0.336 e. The van der Waals surface area contributed by atoms with Crippen LogP contribution in [0.5, 0.6) is 0 Å². The van der Waals surface area contributed by atoms with Crippen molar-refractivity contribution in [3.05, 3.63) is 0 Å². The van der Waals surface area contributed by atoms with Gasteiger partial charge in [0.1, 0.15) is 0 Å². The normalized spacial score (nSPS) is 17.9. The van der Waals surface area contributed by atoms with Crippen LogP contribution >= 0.6 is 0 Å². The molecule has 0 bridgehead atoms. The summed E-state index contributed by atoms with van der Waals surface area (Å²) in [6.45, 7) is 8.70. The number of ketones is 1. The van der Waals surface area contributed by atoms with Crippen LogP contribution in [0.15, 0.2) is 0 Å². The summed E-state index contributed by atoms with van der Waals surface area (Å²) in [6, 6.07) is -1.18.